The molecule has 3 unspecified atom stereocenters. The lowest BCUT2D eigenvalue weighted by atomic mass is 9.55. The van der Waals surface area contributed by atoms with Crippen molar-refractivity contribution in [2.75, 3.05) is 0 Å². The van der Waals surface area contributed by atoms with Gasteiger partial charge in [-0.2, -0.15) is 5.90 Å². The van der Waals surface area contributed by atoms with E-state index in [9.17, 15) is 5.11 Å². The van der Waals surface area contributed by atoms with E-state index in [1.54, 1.807) is 0 Å². The van der Waals surface area contributed by atoms with Crippen molar-refractivity contribution < 1.29 is 18.6 Å². The predicted molar refractivity (Wildman–Crippen MR) is 121 cm³/mol. The van der Waals surface area contributed by atoms with Crippen LogP contribution in [0.5, 0.6) is 5.75 Å². The Labute approximate surface area is 187 Å². The second-order valence-corrected chi connectivity index (χ2v) is 9.81. The molecule has 3 N–H and O–H groups in total. The van der Waals surface area contributed by atoms with Gasteiger partial charge in [-0.15, -0.1) is 9.32 Å². The molecular formula is C25H29NO4S. The summed E-state index contributed by atoms with van der Waals surface area (Å²) in [5, 5.41) is 11.3. The number of benzene rings is 2. The number of aliphatic hydroxyl groups is 1. The Morgan fingerprint density at radius 2 is 2.00 bits per heavy atom. The smallest absolute Gasteiger partial charge is 0.260 e. The van der Waals surface area contributed by atoms with Crippen LogP contribution in [0.15, 0.2) is 54.1 Å². The van der Waals surface area contributed by atoms with E-state index in [1.807, 2.05) is 12.1 Å². The zero-order chi connectivity index (χ0) is 21.4. The van der Waals surface area contributed by atoms with Crippen molar-refractivity contribution in [2.24, 2.45) is 23.1 Å². The summed E-state index contributed by atoms with van der Waals surface area (Å²) in [6, 6.07) is 16.7. The molecule has 0 bridgehead atoms. The Bertz CT molecular complexity index is 965. The van der Waals surface area contributed by atoms with Crippen molar-refractivity contribution in [3.05, 3.63) is 70.8 Å². The molecule has 0 radical (unpaired) electrons. The molecule has 3 aliphatic rings. The van der Waals surface area contributed by atoms with Gasteiger partial charge in [-0.3, -0.25) is 0 Å². The van der Waals surface area contributed by atoms with Gasteiger partial charge in [-0.1, -0.05) is 49.4 Å². The number of fused-ring (bicyclic) bond motifs is 5. The maximum Gasteiger partial charge on any atom is 0.260 e. The van der Waals surface area contributed by atoms with Gasteiger partial charge in [0.15, 0.2) is 0 Å². The summed E-state index contributed by atoms with van der Waals surface area (Å²) in [6.45, 7) is 2.31. The van der Waals surface area contributed by atoms with E-state index in [2.05, 4.69) is 58.7 Å². The zero-order valence-corrected chi connectivity index (χ0v) is 18.5. The molecule has 164 valence electrons. The third-order valence-corrected chi connectivity index (χ3v) is 8.31. The lowest BCUT2D eigenvalue weighted by molar-refractivity contribution is -0.199. The van der Waals surface area contributed by atoms with Crippen LogP contribution in [0, 0.1) is 17.3 Å². The molecule has 0 spiro atoms. The molecule has 6 heteroatoms. The highest BCUT2D eigenvalue weighted by Crippen LogP contribution is 2.62. The first-order valence-electron chi connectivity index (χ1n) is 11.0. The highest BCUT2D eigenvalue weighted by atomic mass is 32.2. The summed E-state index contributed by atoms with van der Waals surface area (Å²) in [5.74, 6) is 7.27. The van der Waals surface area contributed by atoms with Crippen molar-refractivity contribution >= 4 is 18.4 Å². The molecule has 0 aliphatic heterocycles. The van der Waals surface area contributed by atoms with Crippen LogP contribution < -0.4 is 10.1 Å². The van der Waals surface area contributed by atoms with E-state index >= 15 is 0 Å². The van der Waals surface area contributed by atoms with Crippen LogP contribution in [0.4, 0.5) is 0 Å². The van der Waals surface area contributed by atoms with Crippen LogP contribution in [0.2, 0.25) is 0 Å². The van der Waals surface area contributed by atoms with E-state index in [1.165, 1.54) is 22.3 Å². The van der Waals surface area contributed by atoms with Gasteiger partial charge >= 0.3 is 0 Å². The molecule has 3 aliphatic carbocycles. The molecule has 5 atom stereocenters. The number of rotatable bonds is 5. The van der Waals surface area contributed by atoms with Crippen LogP contribution in [-0.4, -0.2) is 11.2 Å². The maximum absolute atomic E-state index is 11.3. The predicted octanol–water partition coefficient (Wildman–Crippen LogP) is 5.36. The molecule has 0 amide bonds. The minimum Gasteiger partial charge on any atom is -0.399 e. The molecule has 2 fully saturated rings. The molecule has 0 heterocycles. The SMILES string of the molecule is C[C@]12CCC3c4ccc(OSOON)cc4CCC3C1C/C(=C\c1ccccc1)[C@@H]2O. The van der Waals surface area contributed by atoms with Crippen LogP contribution in [-0.2, 0) is 15.7 Å². The van der Waals surface area contributed by atoms with Crippen LogP contribution >= 0.6 is 12.3 Å². The lowest BCUT2D eigenvalue weighted by Crippen LogP contribution is -2.44. The highest BCUT2D eigenvalue weighted by molar-refractivity contribution is 7.90. The Kier molecular flexibility index (Phi) is 5.84. The molecule has 0 aromatic heterocycles. The first-order valence-corrected chi connectivity index (χ1v) is 11.7. The third-order valence-electron chi connectivity index (χ3n) is 7.92. The summed E-state index contributed by atoms with van der Waals surface area (Å²) in [4.78, 5) is 4.06. The molecular weight excluding hydrogens is 410 g/mol. The number of hydrogen-bond acceptors (Lipinski definition) is 6. The Balaban J connectivity index is 1.38. The monoisotopic (exact) mass is 439 g/mol. The van der Waals surface area contributed by atoms with Gasteiger partial charge in [0.25, 0.3) is 12.3 Å². The maximum atomic E-state index is 11.3. The van der Waals surface area contributed by atoms with E-state index in [0.29, 0.717) is 30.1 Å². The normalized spacial score (nSPS) is 32.9. The van der Waals surface area contributed by atoms with Crippen LogP contribution in [0.3, 0.4) is 0 Å². The van der Waals surface area contributed by atoms with Crippen molar-refractivity contribution in [2.45, 2.75) is 51.0 Å². The molecule has 5 nitrogen and oxygen atoms in total. The highest BCUT2D eigenvalue weighted by Gasteiger charge is 2.56. The Morgan fingerprint density at radius 3 is 2.81 bits per heavy atom. The van der Waals surface area contributed by atoms with Gasteiger partial charge in [0.2, 0.25) is 0 Å². The minimum absolute atomic E-state index is 0.0292. The zero-order valence-electron chi connectivity index (χ0n) is 17.7. The van der Waals surface area contributed by atoms with Crippen LogP contribution in [0.1, 0.15) is 55.2 Å². The van der Waals surface area contributed by atoms with Gasteiger partial charge in [0, 0.05) is 5.41 Å². The fourth-order valence-electron chi connectivity index (χ4n) is 6.44. The van der Waals surface area contributed by atoms with Gasteiger partial charge in [-0.25, -0.2) is 0 Å². The van der Waals surface area contributed by atoms with Gasteiger partial charge in [-0.05, 0) is 84.3 Å². The first-order chi connectivity index (χ1) is 15.1. The number of hydrogen-bond donors (Lipinski definition) is 2. The molecule has 2 aromatic rings. The van der Waals surface area contributed by atoms with Crippen LogP contribution in [0.25, 0.3) is 6.08 Å². The van der Waals surface area contributed by atoms with E-state index in [4.69, 9.17) is 10.1 Å². The summed E-state index contributed by atoms with van der Waals surface area (Å²) in [7, 11) is 0. The molecule has 2 saturated carbocycles. The molecule has 2 aromatic carbocycles. The fourth-order valence-corrected chi connectivity index (χ4v) is 6.68. The largest absolute Gasteiger partial charge is 0.399 e. The van der Waals surface area contributed by atoms with Gasteiger partial charge < -0.3 is 9.29 Å². The Hall–Kier alpha value is -1.83. The van der Waals surface area contributed by atoms with E-state index in [0.717, 1.165) is 37.9 Å². The van der Waals surface area contributed by atoms with E-state index < -0.39 is 0 Å². The fraction of sp³-hybridized carbons (Fsp3) is 0.440. The summed E-state index contributed by atoms with van der Waals surface area (Å²) in [5.41, 5.74) is 5.15. The topological polar surface area (TPSA) is 73.9 Å². The summed E-state index contributed by atoms with van der Waals surface area (Å²) in [6.07, 6.45) is 7.24. The van der Waals surface area contributed by atoms with Crippen molar-refractivity contribution in [1.82, 2.24) is 0 Å². The van der Waals surface area contributed by atoms with Crippen molar-refractivity contribution in [3.8, 4) is 5.75 Å². The van der Waals surface area contributed by atoms with Gasteiger partial charge in [0.05, 0.1) is 6.10 Å². The quantitative estimate of drug-likeness (QED) is 0.283. The minimum atomic E-state index is -0.349. The van der Waals surface area contributed by atoms with Crippen molar-refractivity contribution in [1.29, 1.82) is 0 Å². The first kappa shape index (κ1) is 21.0. The average molecular weight is 440 g/mol. The third kappa shape index (κ3) is 3.81. The van der Waals surface area contributed by atoms with Gasteiger partial charge in [0.1, 0.15) is 5.75 Å². The summed E-state index contributed by atoms with van der Waals surface area (Å²) < 4.78 is 10.00. The molecule has 5 rings (SSSR count). The second-order valence-electron chi connectivity index (χ2n) is 9.37. The number of nitrogens with two attached hydrogens (primary N) is 1. The lowest BCUT2D eigenvalue weighted by Gasteiger charge is -2.49. The standard InChI is InChI=1S/C25H29NO4S/c1-25-12-11-21-20-10-8-19(28-31-30-29-26)14-17(20)7-9-22(21)23(25)15-18(24(25)27)13-16-5-3-2-4-6-16/h2-6,8,10,13-14,21-24,27H,7,9,11-12,15,26H2,1H3/b18-13+/t21?,22?,23?,24-,25-/m0/s1. The molecule has 31 heavy (non-hydrogen) atoms. The molecule has 0 saturated heterocycles. The second kappa shape index (κ2) is 8.60. The Morgan fingerprint density at radius 1 is 1.16 bits per heavy atom. The van der Waals surface area contributed by atoms with Crippen molar-refractivity contribution in [3.63, 3.8) is 0 Å². The number of aliphatic hydroxyl groups excluding tert-OH is 1. The van der Waals surface area contributed by atoms with E-state index in [-0.39, 0.29) is 11.5 Å². The average Bonchev–Trinajstić information content (AvgIpc) is 3.05. The summed E-state index contributed by atoms with van der Waals surface area (Å²) >= 11 is 0.712. The number of aryl methyl sites for hydroxylation is 1.